The molecule has 1 fully saturated rings. The van der Waals surface area contributed by atoms with E-state index in [0.717, 1.165) is 30.0 Å². The molecule has 0 amide bonds. The number of carbonyl (C=O) groups excluding carboxylic acids is 1. The first-order valence-electron chi connectivity index (χ1n) is 5.87. The molecule has 1 aliphatic rings. The van der Waals surface area contributed by atoms with Gasteiger partial charge in [0.15, 0.2) is 11.5 Å². The van der Waals surface area contributed by atoms with Crippen LogP contribution in [0.25, 0.3) is 5.65 Å². The summed E-state index contributed by atoms with van der Waals surface area (Å²) in [5, 5.41) is 8.30. The van der Waals surface area contributed by atoms with E-state index in [1.807, 2.05) is 24.3 Å². The number of carbonyl (C=O) groups is 1. The standard InChI is InChI=1S/C12H14N4O2/c1-7-6-9-14-15-10(16(9)8(2)13-7)12(4-5-12)11(17)18-3/h6H,4-5H2,1-3H3. The number of aromatic nitrogens is 4. The van der Waals surface area contributed by atoms with Gasteiger partial charge in [-0.05, 0) is 26.7 Å². The molecule has 18 heavy (non-hydrogen) atoms. The van der Waals surface area contributed by atoms with Crippen molar-refractivity contribution in [2.75, 3.05) is 7.11 Å². The molecule has 6 heteroatoms. The Morgan fingerprint density at radius 1 is 1.39 bits per heavy atom. The van der Waals surface area contributed by atoms with Crippen LogP contribution in [0.1, 0.15) is 30.2 Å². The van der Waals surface area contributed by atoms with E-state index >= 15 is 0 Å². The van der Waals surface area contributed by atoms with Gasteiger partial charge in [-0.1, -0.05) is 0 Å². The fourth-order valence-electron chi connectivity index (χ4n) is 2.38. The van der Waals surface area contributed by atoms with Gasteiger partial charge in [0.2, 0.25) is 0 Å². The average Bonchev–Trinajstić information content (AvgIpc) is 3.03. The van der Waals surface area contributed by atoms with E-state index in [-0.39, 0.29) is 5.97 Å². The topological polar surface area (TPSA) is 69.4 Å². The van der Waals surface area contributed by atoms with Crippen molar-refractivity contribution in [1.29, 1.82) is 0 Å². The van der Waals surface area contributed by atoms with E-state index in [9.17, 15) is 4.79 Å². The lowest BCUT2D eigenvalue weighted by Crippen LogP contribution is -2.25. The summed E-state index contributed by atoms with van der Waals surface area (Å²) >= 11 is 0. The van der Waals surface area contributed by atoms with Crippen molar-refractivity contribution in [1.82, 2.24) is 19.6 Å². The van der Waals surface area contributed by atoms with E-state index in [2.05, 4.69) is 15.2 Å². The molecule has 0 spiro atoms. The van der Waals surface area contributed by atoms with Crippen LogP contribution >= 0.6 is 0 Å². The third-order valence-electron chi connectivity index (χ3n) is 3.44. The lowest BCUT2D eigenvalue weighted by Gasteiger charge is -2.11. The highest BCUT2D eigenvalue weighted by Gasteiger charge is 2.56. The molecule has 3 rings (SSSR count). The molecule has 0 N–H and O–H groups in total. The van der Waals surface area contributed by atoms with Crippen LogP contribution in [0.3, 0.4) is 0 Å². The van der Waals surface area contributed by atoms with Crippen molar-refractivity contribution in [3.8, 4) is 0 Å². The van der Waals surface area contributed by atoms with Crippen LogP contribution in [0, 0.1) is 13.8 Å². The fourth-order valence-corrected chi connectivity index (χ4v) is 2.38. The molecule has 0 aliphatic heterocycles. The molecule has 6 nitrogen and oxygen atoms in total. The second-order valence-electron chi connectivity index (χ2n) is 4.74. The zero-order valence-electron chi connectivity index (χ0n) is 10.6. The minimum Gasteiger partial charge on any atom is -0.468 e. The second kappa shape index (κ2) is 3.51. The SMILES string of the molecule is COC(=O)C1(c2nnc3cc(C)nc(C)n23)CC1. The third-order valence-corrected chi connectivity index (χ3v) is 3.44. The highest BCUT2D eigenvalue weighted by atomic mass is 16.5. The minimum atomic E-state index is -0.615. The molecule has 0 unspecified atom stereocenters. The number of aryl methyl sites for hydroxylation is 2. The number of rotatable bonds is 2. The second-order valence-corrected chi connectivity index (χ2v) is 4.74. The normalized spacial score (nSPS) is 16.8. The van der Waals surface area contributed by atoms with Gasteiger partial charge in [0.25, 0.3) is 0 Å². The first-order chi connectivity index (χ1) is 8.58. The lowest BCUT2D eigenvalue weighted by molar-refractivity contribution is -0.143. The van der Waals surface area contributed by atoms with Crippen LogP contribution in [0.5, 0.6) is 0 Å². The van der Waals surface area contributed by atoms with Crippen molar-refractivity contribution in [2.24, 2.45) is 0 Å². The zero-order valence-corrected chi connectivity index (χ0v) is 10.6. The highest BCUT2D eigenvalue weighted by molar-refractivity contribution is 5.85. The van der Waals surface area contributed by atoms with E-state index in [4.69, 9.17) is 4.74 Å². The maximum Gasteiger partial charge on any atom is 0.319 e. The van der Waals surface area contributed by atoms with Crippen molar-refractivity contribution < 1.29 is 9.53 Å². The predicted octanol–water partition coefficient (Wildman–Crippen LogP) is 0.946. The summed E-state index contributed by atoms with van der Waals surface area (Å²) < 4.78 is 6.72. The predicted molar refractivity (Wildman–Crippen MR) is 63.2 cm³/mol. The van der Waals surface area contributed by atoms with E-state index < -0.39 is 5.41 Å². The Morgan fingerprint density at radius 3 is 2.72 bits per heavy atom. The van der Waals surface area contributed by atoms with Gasteiger partial charge in [0, 0.05) is 11.8 Å². The maximum absolute atomic E-state index is 11.9. The largest absolute Gasteiger partial charge is 0.468 e. The average molecular weight is 246 g/mol. The quantitative estimate of drug-likeness (QED) is 0.738. The Kier molecular flexibility index (Phi) is 2.17. The van der Waals surface area contributed by atoms with Crippen LogP contribution in [0.2, 0.25) is 0 Å². The Bertz CT molecular complexity index is 643. The zero-order chi connectivity index (χ0) is 12.9. The van der Waals surface area contributed by atoms with Crippen molar-refractivity contribution >= 4 is 11.6 Å². The molecule has 2 heterocycles. The molecule has 1 aliphatic carbocycles. The molecule has 0 saturated heterocycles. The molecule has 0 atom stereocenters. The number of methoxy groups -OCH3 is 1. The molecule has 0 bridgehead atoms. The van der Waals surface area contributed by atoms with Gasteiger partial charge in [-0.3, -0.25) is 9.20 Å². The van der Waals surface area contributed by atoms with Crippen LogP contribution in [0.4, 0.5) is 0 Å². The Hall–Kier alpha value is -1.98. The van der Waals surface area contributed by atoms with Crippen LogP contribution < -0.4 is 0 Å². The molecule has 2 aromatic rings. The molecule has 0 aromatic carbocycles. The van der Waals surface area contributed by atoms with Gasteiger partial charge in [-0.25, -0.2) is 4.98 Å². The molecule has 2 aromatic heterocycles. The van der Waals surface area contributed by atoms with Gasteiger partial charge in [0.1, 0.15) is 11.2 Å². The first-order valence-corrected chi connectivity index (χ1v) is 5.87. The van der Waals surface area contributed by atoms with Gasteiger partial charge >= 0.3 is 5.97 Å². The van der Waals surface area contributed by atoms with Gasteiger partial charge in [-0.2, -0.15) is 0 Å². The van der Waals surface area contributed by atoms with E-state index in [1.54, 1.807) is 0 Å². The summed E-state index contributed by atoms with van der Waals surface area (Å²) in [6.45, 7) is 3.80. The number of esters is 1. The van der Waals surface area contributed by atoms with Crippen molar-refractivity contribution in [3.05, 3.63) is 23.4 Å². The van der Waals surface area contributed by atoms with Crippen molar-refractivity contribution in [3.63, 3.8) is 0 Å². The van der Waals surface area contributed by atoms with E-state index in [1.165, 1.54) is 7.11 Å². The lowest BCUT2D eigenvalue weighted by atomic mass is 10.1. The van der Waals surface area contributed by atoms with Crippen LogP contribution in [-0.4, -0.2) is 32.7 Å². The third kappa shape index (κ3) is 1.35. The molecule has 1 saturated carbocycles. The Balaban J connectivity index is 2.23. The summed E-state index contributed by atoms with van der Waals surface area (Å²) in [6.07, 6.45) is 1.52. The van der Waals surface area contributed by atoms with Gasteiger partial charge in [0.05, 0.1) is 7.11 Å². The highest BCUT2D eigenvalue weighted by Crippen LogP contribution is 2.48. The van der Waals surface area contributed by atoms with E-state index in [0.29, 0.717) is 5.82 Å². The number of ether oxygens (including phenoxy) is 1. The Labute approximate surface area is 104 Å². The molecule has 94 valence electrons. The van der Waals surface area contributed by atoms with Crippen molar-refractivity contribution in [2.45, 2.75) is 32.1 Å². The summed E-state index contributed by atoms with van der Waals surface area (Å²) in [5.41, 5.74) is 1.00. The smallest absolute Gasteiger partial charge is 0.319 e. The van der Waals surface area contributed by atoms with Crippen LogP contribution in [-0.2, 0) is 14.9 Å². The summed E-state index contributed by atoms with van der Waals surface area (Å²) in [6, 6.07) is 1.86. The summed E-state index contributed by atoms with van der Waals surface area (Å²) in [7, 11) is 1.40. The maximum atomic E-state index is 11.9. The number of hydrogen-bond acceptors (Lipinski definition) is 5. The van der Waals surface area contributed by atoms with Gasteiger partial charge < -0.3 is 4.74 Å². The summed E-state index contributed by atoms with van der Waals surface area (Å²) in [5.74, 6) is 1.20. The monoisotopic (exact) mass is 246 g/mol. The Morgan fingerprint density at radius 2 is 2.11 bits per heavy atom. The minimum absolute atomic E-state index is 0.239. The molecular formula is C12H14N4O2. The molecular weight excluding hydrogens is 232 g/mol. The van der Waals surface area contributed by atoms with Gasteiger partial charge in [-0.15, -0.1) is 10.2 Å². The van der Waals surface area contributed by atoms with Crippen LogP contribution in [0.15, 0.2) is 6.07 Å². The number of fused-ring (bicyclic) bond motifs is 1. The molecule has 0 radical (unpaired) electrons. The fraction of sp³-hybridized carbons (Fsp3) is 0.500. The first kappa shape index (κ1) is 11.1. The summed E-state index contributed by atoms with van der Waals surface area (Å²) in [4.78, 5) is 16.3. The number of hydrogen-bond donors (Lipinski definition) is 0. The number of nitrogens with zero attached hydrogens (tertiary/aromatic N) is 4.